The van der Waals surface area contributed by atoms with Crippen LogP contribution in [0.5, 0.6) is 0 Å². The maximum atomic E-state index is 13.1. The summed E-state index contributed by atoms with van der Waals surface area (Å²) in [7, 11) is 0. The molecule has 5 unspecified atom stereocenters. The molecular weight excluding hydrogens is 418 g/mol. The summed E-state index contributed by atoms with van der Waals surface area (Å²) in [6, 6.07) is -1.68. The average molecular weight is 442 g/mol. The Kier molecular flexibility index (Phi) is 5.09. The number of aromatic nitrogens is 1. The summed E-state index contributed by atoms with van der Waals surface area (Å²) in [6.07, 6.45) is 3.76. The maximum Gasteiger partial charge on any atom is 0.327 e. The Morgan fingerprint density at radius 3 is 2.69 bits per heavy atom. The molecule has 3 fully saturated rings. The number of alkyl halides is 1. The summed E-state index contributed by atoms with van der Waals surface area (Å²) in [5.74, 6) is -1.52. The van der Waals surface area contributed by atoms with Crippen molar-refractivity contribution in [3.63, 3.8) is 0 Å². The number of halogens is 1. The number of fused-ring (bicyclic) bond motifs is 1. The van der Waals surface area contributed by atoms with E-state index < -0.39 is 34.1 Å². The molecule has 29 heavy (non-hydrogen) atoms. The maximum absolute atomic E-state index is 13.1. The van der Waals surface area contributed by atoms with Gasteiger partial charge in [0.25, 0.3) is 5.91 Å². The number of aryl methyl sites for hydroxylation is 1. The van der Waals surface area contributed by atoms with Gasteiger partial charge in [0.2, 0.25) is 5.91 Å². The van der Waals surface area contributed by atoms with Crippen molar-refractivity contribution in [1.82, 2.24) is 15.4 Å². The van der Waals surface area contributed by atoms with Gasteiger partial charge in [0, 0.05) is 16.0 Å². The minimum atomic E-state index is -1.04. The standard InChI is InChI=1S/C19H24ClN3O5S/c1-8-11(12(22-28-8)9-6-4-5-7-10(9)20)15(24)21-13-16(25)23-14(18(26)27)19(2,3)29-17(13)23/h9-10,13-14,17H,4-7H2,1-3H3,(H,21,24)(H,26,27). The number of rotatable bonds is 4. The number of thioether (sulfide) groups is 1. The second-order valence-corrected chi connectivity index (χ2v) is 10.8. The number of amides is 2. The fraction of sp³-hybridized carbons (Fsp3) is 0.684. The number of carboxylic acid groups (broad SMARTS) is 1. The normalized spacial score (nSPS) is 33.2. The fourth-order valence-corrected chi connectivity index (χ4v) is 6.70. The third-order valence-electron chi connectivity index (χ3n) is 6.11. The van der Waals surface area contributed by atoms with Crippen molar-refractivity contribution in [1.29, 1.82) is 0 Å². The molecule has 2 N–H and O–H groups in total. The molecule has 3 aliphatic rings. The van der Waals surface area contributed by atoms with E-state index in [1.54, 1.807) is 20.8 Å². The number of aliphatic carboxylic acids is 1. The number of carboxylic acids is 1. The van der Waals surface area contributed by atoms with Gasteiger partial charge in [-0.15, -0.1) is 23.4 Å². The van der Waals surface area contributed by atoms with E-state index in [2.05, 4.69) is 10.5 Å². The first kappa shape index (κ1) is 20.5. The van der Waals surface area contributed by atoms with E-state index in [1.165, 1.54) is 16.7 Å². The molecule has 1 aromatic heterocycles. The van der Waals surface area contributed by atoms with E-state index in [-0.39, 0.29) is 17.2 Å². The first-order valence-electron chi connectivity index (χ1n) is 9.77. The molecule has 2 saturated heterocycles. The highest BCUT2D eigenvalue weighted by Crippen LogP contribution is 2.51. The Labute approximate surface area is 177 Å². The van der Waals surface area contributed by atoms with Crippen LogP contribution in [0, 0.1) is 6.92 Å². The largest absolute Gasteiger partial charge is 0.480 e. The van der Waals surface area contributed by atoms with Crippen molar-refractivity contribution < 1.29 is 24.0 Å². The molecule has 2 amide bonds. The van der Waals surface area contributed by atoms with Crippen LogP contribution in [0.25, 0.3) is 0 Å². The van der Waals surface area contributed by atoms with Crippen LogP contribution < -0.4 is 5.32 Å². The predicted octanol–water partition coefficient (Wildman–Crippen LogP) is 2.49. The Morgan fingerprint density at radius 1 is 1.34 bits per heavy atom. The van der Waals surface area contributed by atoms with Crippen molar-refractivity contribution in [3.8, 4) is 0 Å². The fourth-order valence-electron chi connectivity index (χ4n) is 4.67. The molecule has 8 nitrogen and oxygen atoms in total. The summed E-state index contributed by atoms with van der Waals surface area (Å²) in [6.45, 7) is 5.26. The number of hydrogen-bond acceptors (Lipinski definition) is 6. The number of hydrogen-bond donors (Lipinski definition) is 2. The van der Waals surface area contributed by atoms with Crippen molar-refractivity contribution in [2.75, 3.05) is 0 Å². The molecule has 5 atom stereocenters. The Hall–Kier alpha value is -1.74. The van der Waals surface area contributed by atoms with E-state index in [9.17, 15) is 19.5 Å². The van der Waals surface area contributed by atoms with Crippen molar-refractivity contribution >= 4 is 41.1 Å². The van der Waals surface area contributed by atoms with Crippen LogP contribution in [0.15, 0.2) is 4.52 Å². The molecule has 2 aliphatic heterocycles. The number of carbonyl (C=O) groups is 3. The van der Waals surface area contributed by atoms with Crippen molar-refractivity contribution in [3.05, 3.63) is 17.0 Å². The minimum Gasteiger partial charge on any atom is -0.480 e. The molecule has 0 radical (unpaired) electrons. The van der Waals surface area contributed by atoms with Crippen molar-refractivity contribution in [2.24, 2.45) is 0 Å². The van der Waals surface area contributed by atoms with Gasteiger partial charge in [0.05, 0.1) is 0 Å². The lowest BCUT2D eigenvalue weighted by atomic mass is 9.84. The van der Waals surface area contributed by atoms with Crippen molar-refractivity contribution in [2.45, 2.75) is 80.0 Å². The van der Waals surface area contributed by atoms with E-state index in [0.717, 1.165) is 25.7 Å². The summed E-state index contributed by atoms with van der Waals surface area (Å²) in [5, 5.41) is 15.9. The molecule has 1 saturated carbocycles. The van der Waals surface area contributed by atoms with Gasteiger partial charge in [-0.3, -0.25) is 9.59 Å². The van der Waals surface area contributed by atoms with Crippen LogP contribution in [-0.2, 0) is 9.59 Å². The zero-order valence-electron chi connectivity index (χ0n) is 16.5. The molecule has 0 bridgehead atoms. The smallest absolute Gasteiger partial charge is 0.327 e. The van der Waals surface area contributed by atoms with E-state index in [4.69, 9.17) is 16.1 Å². The van der Waals surface area contributed by atoms with E-state index in [0.29, 0.717) is 17.0 Å². The van der Waals surface area contributed by atoms with Gasteiger partial charge in [-0.1, -0.05) is 18.0 Å². The van der Waals surface area contributed by atoms with Gasteiger partial charge in [-0.2, -0.15) is 0 Å². The van der Waals surface area contributed by atoms with Gasteiger partial charge >= 0.3 is 5.97 Å². The zero-order valence-corrected chi connectivity index (χ0v) is 18.0. The molecule has 1 aromatic rings. The van der Waals surface area contributed by atoms with Crippen LogP contribution in [0.2, 0.25) is 0 Å². The van der Waals surface area contributed by atoms with E-state index in [1.807, 2.05) is 0 Å². The molecule has 10 heteroatoms. The Balaban J connectivity index is 1.54. The molecule has 0 aromatic carbocycles. The quantitative estimate of drug-likeness (QED) is 0.545. The van der Waals surface area contributed by atoms with Gasteiger partial charge in [0.1, 0.15) is 34.5 Å². The summed E-state index contributed by atoms with van der Waals surface area (Å²) in [4.78, 5) is 38.7. The lowest BCUT2D eigenvalue weighted by Gasteiger charge is -2.43. The first-order chi connectivity index (χ1) is 13.6. The summed E-state index contributed by atoms with van der Waals surface area (Å²) in [5.41, 5.74) is 0.886. The molecule has 4 rings (SSSR count). The third-order valence-corrected chi connectivity index (χ3v) is 8.20. The summed E-state index contributed by atoms with van der Waals surface area (Å²) < 4.78 is 4.66. The molecule has 0 spiro atoms. The van der Waals surface area contributed by atoms with Gasteiger partial charge in [-0.05, 0) is 33.6 Å². The monoisotopic (exact) mass is 441 g/mol. The molecule has 1 aliphatic carbocycles. The average Bonchev–Trinajstić information content (AvgIpc) is 3.15. The van der Waals surface area contributed by atoms with Gasteiger partial charge in [0.15, 0.2) is 0 Å². The Morgan fingerprint density at radius 2 is 2.03 bits per heavy atom. The highest BCUT2D eigenvalue weighted by molar-refractivity contribution is 8.01. The number of nitrogens with one attached hydrogen (secondary N) is 1. The lowest BCUT2D eigenvalue weighted by molar-refractivity contribution is -0.159. The van der Waals surface area contributed by atoms with Crippen LogP contribution in [0.1, 0.15) is 67.3 Å². The number of β-lactam (4-membered cyclic amide) rings is 1. The van der Waals surface area contributed by atoms with Crippen LogP contribution in [0.4, 0.5) is 0 Å². The second-order valence-electron chi connectivity index (χ2n) is 8.46. The van der Waals surface area contributed by atoms with Gasteiger partial charge in [-0.25, -0.2) is 4.79 Å². The topological polar surface area (TPSA) is 113 Å². The minimum absolute atomic E-state index is 0.0617. The van der Waals surface area contributed by atoms with E-state index >= 15 is 0 Å². The van der Waals surface area contributed by atoms with Gasteiger partial charge < -0.3 is 19.8 Å². The number of nitrogens with zero attached hydrogens (tertiary/aromatic N) is 2. The van der Waals surface area contributed by atoms with Crippen LogP contribution >= 0.6 is 23.4 Å². The highest BCUT2D eigenvalue weighted by Gasteiger charge is 2.64. The SMILES string of the molecule is Cc1onc(C2CCCCC2Cl)c1C(=O)NC1C(=O)N2C1SC(C)(C)C2C(=O)O. The second kappa shape index (κ2) is 7.19. The van der Waals surface area contributed by atoms with Crippen LogP contribution in [-0.4, -0.2) is 60.5 Å². The third kappa shape index (κ3) is 3.22. The lowest BCUT2D eigenvalue weighted by Crippen LogP contribution is -2.70. The zero-order chi connectivity index (χ0) is 21.1. The predicted molar refractivity (Wildman–Crippen MR) is 107 cm³/mol. The molecule has 158 valence electrons. The first-order valence-corrected chi connectivity index (χ1v) is 11.1. The van der Waals surface area contributed by atoms with Crippen LogP contribution in [0.3, 0.4) is 0 Å². The Bertz CT molecular complexity index is 872. The molecule has 3 heterocycles. The number of carbonyl (C=O) groups excluding carboxylic acids is 2. The highest BCUT2D eigenvalue weighted by atomic mass is 35.5. The molecular formula is C19H24ClN3O5S. The summed E-state index contributed by atoms with van der Waals surface area (Å²) >= 11 is 7.88.